The summed E-state index contributed by atoms with van der Waals surface area (Å²) in [5.74, 6) is 0.997. The zero-order valence-corrected chi connectivity index (χ0v) is 16.3. The summed E-state index contributed by atoms with van der Waals surface area (Å²) in [4.78, 5) is 30.7. The highest BCUT2D eigenvalue weighted by molar-refractivity contribution is 7.16. The van der Waals surface area contributed by atoms with Crippen molar-refractivity contribution in [2.75, 3.05) is 5.32 Å². The maximum Gasteiger partial charge on any atom is 0.287 e. The van der Waals surface area contributed by atoms with Crippen LogP contribution in [0.25, 0.3) is 10.7 Å². The fourth-order valence-corrected chi connectivity index (χ4v) is 3.76. The highest BCUT2D eigenvalue weighted by Crippen LogP contribution is 2.38. The molecule has 146 valence electrons. The number of hydrogen-bond acceptors (Lipinski definition) is 7. The van der Waals surface area contributed by atoms with E-state index >= 15 is 0 Å². The van der Waals surface area contributed by atoms with Crippen LogP contribution in [0, 0.1) is 6.92 Å². The minimum absolute atomic E-state index is 0.160. The lowest BCUT2D eigenvalue weighted by molar-refractivity contribution is -0.117. The fraction of sp³-hybridized carbons (Fsp3) is 0.368. The van der Waals surface area contributed by atoms with Gasteiger partial charge in [0, 0.05) is 10.8 Å². The molecule has 9 heteroatoms. The van der Waals surface area contributed by atoms with Crippen LogP contribution in [0.5, 0.6) is 0 Å². The van der Waals surface area contributed by atoms with Crippen LogP contribution in [0.3, 0.4) is 0 Å². The zero-order valence-electron chi connectivity index (χ0n) is 15.5. The molecule has 4 rings (SSSR count). The Balaban J connectivity index is 1.41. The Kier molecular flexibility index (Phi) is 4.99. The number of carbonyl (C=O) groups excluding carboxylic acids is 2. The van der Waals surface area contributed by atoms with E-state index in [1.165, 1.54) is 30.1 Å². The molecule has 3 heterocycles. The van der Waals surface area contributed by atoms with E-state index in [2.05, 4.69) is 20.8 Å². The molecule has 0 aromatic carbocycles. The van der Waals surface area contributed by atoms with Crippen molar-refractivity contribution < 1.29 is 18.5 Å². The van der Waals surface area contributed by atoms with Crippen molar-refractivity contribution in [1.82, 2.24) is 15.5 Å². The Morgan fingerprint density at radius 2 is 2.18 bits per heavy atom. The van der Waals surface area contributed by atoms with E-state index in [4.69, 9.17) is 8.94 Å². The van der Waals surface area contributed by atoms with Crippen LogP contribution in [-0.4, -0.2) is 28.0 Å². The Labute approximate surface area is 165 Å². The molecule has 28 heavy (non-hydrogen) atoms. The molecule has 8 nitrogen and oxygen atoms in total. The number of nitrogens with one attached hydrogen (secondary N) is 2. The second-order valence-electron chi connectivity index (χ2n) is 6.83. The molecule has 1 fully saturated rings. The number of furan rings is 1. The van der Waals surface area contributed by atoms with Crippen LogP contribution in [0.2, 0.25) is 0 Å². The van der Waals surface area contributed by atoms with Crippen molar-refractivity contribution in [3.8, 4) is 10.7 Å². The second kappa shape index (κ2) is 7.59. The predicted octanol–water partition coefficient (Wildman–Crippen LogP) is 3.72. The molecule has 1 aliphatic rings. The SMILES string of the molecule is Cc1sc(-c2noc(C3CCC3)n2)cc1NC(=O)[C@H](C)NC(=O)c1ccco1. The first-order valence-corrected chi connectivity index (χ1v) is 9.92. The average Bonchev–Trinajstić information content (AvgIpc) is 3.35. The molecule has 0 saturated heterocycles. The maximum atomic E-state index is 12.5. The number of hydrogen-bond donors (Lipinski definition) is 2. The lowest BCUT2D eigenvalue weighted by Crippen LogP contribution is -2.41. The highest BCUT2D eigenvalue weighted by Gasteiger charge is 2.26. The summed E-state index contributed by atoms with van der Waals surface area (Å²) in [6, 6.07) is 4.26. The normalized spacial score (nSPS) is 15.1. The first-order valence-electron chi connectivity index (χ1n) is 9.11. The molecule has 1 saturated carbocycles. The quantitative estimate of drug-likeness (QED) is 0.652. The lowest BCUT2D eigenvalue weighted by Gasteiger charge is -2.20. The van der Waals surface area contributed by atoms with Crippen molar-refractivity contribution in [1.29, 1.82) is 0 Å². The van der Waals surface area contributed by atoms with Gasteiger partial charge in [0.1, 0.15) is 6.04 Å². The molecular formula is C19H20N4O4S. The third-order valence-electron chi connectivity index (χ3n) is 4.78. The summed E-state index contributed by atoms with van der Waals surface area (Å²) in [6.45, 7) is 3.52. The Morgan fingerprint density at radius 1 is 1.36 bits per heavy atom. The van der Waals surface area contributed by atoms with Gasteiger partial charge in [-0.1, -0.05) is 11.6 Å². The topological polar surface area (TPSA) is 110 Å². The predicted molar refractivity (Wildman–Crippen MR) is 103 cm³/mol. The molecule has 0 aliphatic heterocycles. The van der Waals surface area contributed by atoms with Crippen molar-refractivity contribution in [3.63, 3.8) is 0 Å². The largest absolute Gasteiger partial charge is 0.459 e. The Bertz CT molecular complexity index is 988. The molecule has 2 amide bonds. The number of rotatable bonds is 6. The average molecular weight is 400 g/mol. The molecule has 0 spiro atoms. The summed E-state index contributed by atoms with van der Waals surface area (Å²) >= 11 is 1.48. The van der Waals surface area contributed by atoms with Crippen LogP contribution < -0.4 is 10.6 Å². The monoisotopic (exact) mass is 400 g/mol. The smallest absolute Gasteiger partial charge is 0.287 e. The van der Waals surface area contributed by atoms with Gasteiger partial charge in [-0.3, -0.25) is 9.59 Å². The zero-order chi connectivity index (χ0) is 19.7. The number of aromatic nitrogens is 2. The minimum atomic E-state index is -0.726. The van der Waals surface area contributed by atoms with Crippen LogP contribution in [-0.2, 0) is 4.79 Å². The minimum Gasteiger partial charge on any atom is -0.459 e. The van der Waals surface area contributed by atoms with Gasteiger partial charge < -0.3 is 19.6 Å². The van der Waals surface area contributed by atoms with Gasteiger partial charge in [-0.15, -0.1) is 11.3 Å². The van der Waals surface area contributed by atoms with E-state index in [1.807, 2.05) is 13.0 Å². The molecule has 0 unspecified atom stereocenters. The van der Waals surface area contributed by atoms with Gasteiger partial charge >= 0.3 is 0 Å². The van der Waals surface area contributed by atoms with Crippen LogP contribution >= 0.6 is 11.3 Å². The van der Waals surface area contributed by atoms with Crippen molar-refractivity contribution in [3.05, 3.63) is 41.0 Å². The number of thiophene rings is 1. The molecule has 3 aromatic rings. The molecule has 2 N–H and O–H groups in total. The van der Waals surface area contributed by atoms with E-state index in [0.717, 1.165) is 22.6 Å². The van der Waals surface area contributed by atoms with Gasteiger partial charge in [-0.05, 0) is 44.9 Å². The summed E-state index contributed by atoms with van der Waals surface area (Å²) in [5, 5.41) is 9.52. The van der Waals surface area contributed by atoms with Crippen molar-refractivity contribution >= 4 is 28.8 Å². The van der Waals surface area contributed by atoms with Gasteiger partial charge in [-0.2, -0.15) is 4.98 Å². The van der Waals surface area contributed by atoms with E-state index < -0.39 is 11.9 Å². The number of anilines is 1. The van der Waals surface area contributed by atoms with Crippen LogP contribution in [0.15, 0.2) is 33.4 Å². The van der Waals surface area contributed by atoms with E-state index in [1.54, 1.807) is 13.0 Å². The molecular weight excluding hydrogens is 380 g/mol. The molecule has 0 radical (unpaired) electrons. The number of amides is 2. The number of nitrogens with zero attached hydrogens (tertiary/aromatic N) is 2. The van der Waals surface area contributed by atoms with Gasteiger partial charge in [0.25, 0.3) is 5.91 Å². The molecule has 3 aromatic heterocycles. The number of carbonyl (C=O) groups is 2. The summed E-state index contributed by atoms with van der Waals surface area (Å²) in [7, 11) is 0. The second-order valence-corrected chi connectivity index (χ2v) is 8.08. The number of aryl methyl sites for hydroxylation is 1. The van der Waals surface area contributed by atoms with E-state index in [9.17, 15) is 9.59 Å². The fourth-order valence-electron chi connectivity index (χ4n) is 2.85. The van der Waals surface area contributed by atoms with Gasteiger partial charge in [-0.25, -0.2) is 0 Å². The third-order valence-corrected chi connectivity index (χ3v) is 5.82. The van der Waals surface area contributed by atoms with Crippen molar-refractivity contribution in [2.45, 2.75) is 45.1 Å². The van der Waals surface area contributed by atoms with Crippen LogP contribution in [0.4, 0.5) is 5.69 Å². The molecule has 0 bridgehead atoms. The maximum absolute atomic E-state index is 12.5. The van der Waals surface area contributed by atoms with Crippen LogP contribution in [0.1, 0.15) is 53.4 Å². The summed E-state index contributed by atoms with van der Waals surface area (Å²) < 4.78 is 10.4. The van der Waals surface area contributed by atoms with Gasteiger partial charge in [0.15, 0.2) is 5.76 Å². The van der Waals surface area contributed by atoms with Crippen molar-refractivity contribution in [2.24, 2.45) is 0 Å². The van der Waals surface area contributed by atoms with E-state index in [-0.39, 0.29) is 11.7 Å². The highest BCUT2D eigenvalue weighted by atomic mass is 32.1. The molecule has 1 atom stereocenters. The first-order chi connectivity index (χ1) is 13.5. The third kappa shape index (κ3) is 3.70. The Hall–Kier alpha value is -2.94. The molecule has 1 aliphatic carbocycles. The summed E-state index contributed by atoms with van der Waals surface area (Å²) in [5.41, 5.74) is 0.666. The first kappa shape index (κ1) is 18.4. The lowest BCUT2D eigenvalue weighted by atomic mass is 9.85. The Morgan fingerprint density at radius 3 is 2.86 bits per heavy atom. The van der Waals surface area contributed by atoms with Gasteiger partial charge in [0.05, 0.1) is 16.8 Å². The standard InChI is InChI=1S/C19H20N4O4S/c1-10(20-18(25)14-7-4-8-26-14)17(24)21-13-9-15(28-11(13)2)16-22-19(27-23-16)12-5-3-6-12/h4,7-10,12H,3,5-6H2,1-2H3,(H,20,25)(H,21,24)/t10-/m0/s1. The summed E-state index contributed by atoms with van der Waals surface area (Å²) in [6.07, 6.45) is 4.79. The van der Waals surface area contributed by atoms with Gasteiger partial charge in [0.2, 0.25) is 17.6 Å². The van der Waals surface area contributed by atoms with E-state index in [0.29, 0.717) is 23.3 Å².